The second-order valence-corrected chi connectivity index (χ2v) is 5.01. The molecule has 0 aliphatic carbocycles. The fourth-order valence-electron chi connectivity index (χ4n) is 1.29. The molecule has 0 amide bonds. The van der Waals surface area contributed by atoms with Crippen LogP contribution < -0.4 is 4.72 Å². The molecule has 0 aromatic heterocycles. The van der Waals surface area contributed by atoms with E-state index in [0.717, 1.165) is 6.07 Å². The first-order valence-electron chi connectivity index (χ1n) is 4.83. The van der Waals surface area contributed by atoms with Crippen LogP contribution in [0.5, 0.6) is 0 Å². The van der Waals surface area contributed by atoms with E-state index < -0.39 is 15.8 Å². The molecule has 0 saturated carbocycles. The van der Waals surface area contributed by atoms with Crippen LogP contribution in [0.15, 0.2) is 53.4 Å². The van der Waals surface area contributed by atoms with Crippen molar-refractivity contribution in [3.63, 3.8) is 0 Å². The van der Waals surface area contributed by atoms with Gasteiger partial charge in [0.25, 0.3) is 10.0 Å². The zero-order valence-electron chi connectivity index (χ0n) is 8.72. The number of hydrogen-bond donors (Lipinski definition) is 1. The lowest BCUT2D eigenvalue weighted by atomic mass is 10.3. The van der Waals surface area contributed by atoms with Crippen LogP contribution in [0.25, 0.3) is 0 Å². The first-order valence-corrected chi connectivity index (χ1v) is 6.31. The van der Waals surface area contributed by atoms with Crippen molar-refractivity contribution >= 4 is 15.7 Å². The molecule has 0 spiro atoms. The van der Waals surface area contributed by atoms with Gasteiger partial charge in [-0.1, -0.05) is 24.3 Å². The Hall–Kier alpha value is -1.88. The van der Waals surface area contributed by atoms with E-state index in [-0.39, 0.29) is 10.6 Å². The summed E-state index contributed by atoms with van der Waals surface area (Å²) >= 11 is 0. The van der Waals surface area contributed by atoms with E-state index in [9.17, 15) is 12.8 Å². The SMILES string of the molecule is O=S(=O)(Nc1c[c]ccc1F)c1ccccc1. The normalized spacial score (nSPS) is 11.1. The lowest BCUT2D eigenvalue weighted by Gasteiger charge is -2.08. The van der Waals surface area contributed by atoms with Crippen molar-refractivity contribution in [2.45, 2.75) is 4.90 Å². The minimum absolute atomic E-state index is 0.0863. The van der Waals surface area contributed by atoms with Crippen LogP contribution >= 0.6 is 0 Å². The summed E-state index contributed by atoms with van der Waals surface area (Å²) in [6, 6.07) is 14.1. The van der Waals surface area contributed by atoms with Gasteiger partial charge in [-0.15, -0.1) is 0 Å². The van der Waals surface area contributed by atoms with Crippen molar-refractivity contribution in [2.24, 2.45) is 0 Å². The van der Waals surface area contributed by atoms with E-state index >= 15 is 0 Å². The molecule has 87 valence electrons. The third-order valence-electron chi connectivity index (χ3n) is 2.11. The molecule has 2 aromatic carbocycles. The molecule has 2 rings (SSSR count). The van der Waals surface area contributed by atoms with Crippen molar-refractivity contribution in [2.75, 3.05) is 4.72 Å². The van der Waals surface area contributed by atoms with Gasteiger partial charge in [0.2, 0.25) is 0 Å². The smallest absolute Gasteiger partial charge is 0.261 e. The zero-order valence-corrected chi connectivity index (χ0v) is 9.54. The molecule has 0 bridgehead atoms. The van der Waals surface area contributed by atoms with Crippen LogP contribution in [0.2, 0.25) is 0 Å². The lowest BCUT2D eigenvalue weighted by molar-refractivity contribution is 0.598. The monoisotopic (exact) mass is 250 g/mol. The summed E-state index contributed by atoms with van der Waals surface area (Å²) in [6.07, 6.45) is 0. The Bertz CT molecular complexity index is 611. The molecule has 0 unspecified atom stereocenters. The molecular weight excluding hydrogens is 241 g/mol. The predicted octanol–water partition coefficient (Wildman–Crippen LogP) is 2.43. The first kappa shape index (κ1) is 11.6. The van der Waals surface area contributed by atoms with Gasteiger partial charge in [0.15, 0.2) is 0 Å². The highest BCUT2D eigenvalue weighted by atomic mass is 32.2. The van der Waals surface area contributed by atoms with E-state index in [4.69, 9.17) is 0 Å². The molecule has 1 N–H and O–H groups in total. The number of halogens is 1. The van der Waals surface area contributed by atoms with Gasteiger partial charge in [0.05, 0.1) is 10.6 Å². The van der Waals surface area contributed by atoms with E-state index in [1.807, 2.05) is 0 Å². The van der Waals surface area contributed by atoms with Crippen LogP contribution in [0, 0.1) is 11.9 Å². The summed E-state index contributed by atoms with van der Waals surface area (Å²) in [4.78, 5) is 0.0863. The summed E-state index contributed by atoms with van der Waals surface area (Å²) in [7, 11) is -3.75. The van der Waals surface area contributed by atoms with E-state index in [1.165, 1.54) is 24.3 Å². The van der Waals surface area contributed by atoms with E-state index in [1.54, 1.807) is 18.2 Å². The first-order chi connectivity index (χ1) is 8.09. The number of nitrogens with one attached hydrogen (secondary N) is 1. The van der Waals surface area contributed by atoms with Gasteiger partial charge in [0.1, 0.15) is 5.82 Å². The van der Waals surface area contributed by atoms with Crippen LogP contribution in [0.1, 0.15) is 0 Å². The number of hydrogen-bond acceptors (Lipinski definition) is 2. The summed E-state index contributed by atoms with van der Waals surface area (Å²) in [5, 5.41) is 0. The standard InChI is InChI=1S/C12H9FNO2S/c13-11-8-4-5-9-12(11)14-17(15,16)10-6-2-1-3-7-10/h1-4,6-9,14H. The van der Waals surface area contributed by atoms with Gasteiger partial charge >= 0.3 is 0 Å². The van der Waals surface area contributed by atoms with Crippen molar-refractivity contribution in [1.29, 1.82) is 0 Å². The van der Waals surface area contributed by atoms with Crippen molar-refractivity contribution in [3.8, 4) is 0 Å². The highest BCUT2D eigenvalue weighted by molar-refractivity contribution is 7.92. The predicted molar refractivity (Wildman–Crippen MR) is 62.5 cm³/mol. The summed E-state index contributed by atoms with van der Waals surface area (Å²) in [6.45, 7) is 0. The van der Waals surface area contributed by atoms with Gasteiger partial charge in [-0.2, -0.15) is 0 Å². The Morgan fingerprint density at radius 2 is 1.82 bits per heavy atom. The Labute approximate surface area is 99.0 Å². The highest BCUT2D eigenvalue weighted by Crippen LogP contribution is 2.17. The molecule has 0 heterocycles. The second-order valence-electron chi connectivity index (χ2n) is 3.32. The van der Waals surface area contributed by atoms with Crippen molar-refractivity contribution < 1.29 is 12.8 Å². The molecule has 0 atom stereocenters. The van der Waals surface area contributed by atoms with Gasteiger partial charge < -0.3 is 0 Å². The fourth-order valence-corrected chi connectivity index (χ4v) is 2.37. The fraction of sp³-hybridized carbons (Fsp3) is 0. The molecule has 1 radical (unpaired) electrons. The second kappa shape index (κ2) is 4.55. The molecule has 3 nitrogen and oxygen atoms in total. The van der Waals surface area contributed by atoms with Crippen LogP contribution in [-0.4, -0.2) is 8.42 Å². The molecule has 2 aromatic rings. The molecule has 0 aliphatic heterocycles. The number of rotatable bonds is 3. The molecule has 0 aliphatic rings. The minimum atomic E-state index is -3.75. The molecule has 17 heavy (non-hydrogen) atoms. The van der Waals surface area contributed by atoms with Crippen molar-refractivity contribution in [1.82, 2.24) is 0 Å². The Kier molecular flexibility index (Phi) is 3.10. The topological polar surface area (TPSA) is 46.2 Å². The third-order valence-corrected chi connectivity index (χ3v) is 3.49. The molecule has 0 fully saturated rings. The lowest BCUT2D eigenvalue weighted by Crippen LogP contribution is -2.13. The third kappa shape index (κ3) is 2.62. The average molecular weight is 250 g/mol. The van der Waals surface area contributed by atoms with Crippen LogP contribution in [0.3, 0.4) is 0 Å². The summed E-state index contributed by atoms with van der Waals surface area (Å²) in [5.41, 5.74) is -0.114. The molecule has 0 saturated heterocycles. The quantitative estimate of drug-likeness (QED) is 0.909. The maximum atomic E-state index is 13.3. The van der Waals surface area contributed by atoms with Gasteiger partial charge in [-0.3, -0.25) is 4.72 Å². The maximum Gasteiger partial charge on any atom is 0.261 e. The zero-order chi connectivity index (χ0) is 12.3. The number of sulfonamides is 1. The number of benzene rings is 2. The number of anilines is 1. The average Bonchev–Trinajstić information content (AvgIpc) is 2.33. The van der Waals surface area contributed by atoms with Crippen LogP contribution in [0.4, 0.5) is 10.1 Å². The Balaban J connectivity index is 2.34. The van der Waals surface area contributed by atoms with Gasteiger partial charge in [-0.25, -0.2) is 12.8 Å². The van der Waals surface area contributed by atoms with Gasteiger partial charge in [0, 0.05) is 0 Å². The summed E-state index contributed by atoms with van der Waals surface area (Å²) < 4.78 is 39.2. The summed E-state index contributed by atoms with van der Waals surface area (Å²) in [5.74, 6) is -0.636. The highest BCUT2D eigenvalue weighted by Gasteiger charge is 2.14. The molecular formula is C12H9FNO2S. The molecule has 5 heteroatoms. The van der Waals surface area contributed by atoms with Crippen molar-refractivity contribution in [3.05, 3.63) is 60.4 Å². The largest absolute Gasteiger partial charge is 0.277 e. The van der Waals surface area contributed by atoms with Gasteiger partial charge in [-0.05, 0) is 30.3 Å². The Morgan fingerprint density at radius 3 is 2.47 bits per heavy atom. The minimum Gasteiger partial charge on any atom is -0.277 e. The van der Waals surface area contributed by atoms with E-state index in [0.29, 0.717) is 0 Å². The van der Waals surface area contributed by atoms with E-state index in [2.05, 4.69) is 10.8 Å². The Morgan fingerprint density at radius 1 is 1.12 bits per heavy atom. The maximum absolute atomic E-state index is 13.3. The van der Waals surface area contributed by atoms with Crippen LogP contribution in [-0.2, 0) is 10.0 Å².